The predicted octanol–water partition coefficient (Wildman–Crippen LogP) is 3.91. The van der Waals surface area contributed by atoms with Gasteiger partial charge in [0.2, 0.25) is 0 Å². The van der Waals surface area contributed by atoms with Crippen molar-refractivity contribution in [2.75, 3.05) is 6.61 Å². The topological polar surface area (TPSA) is 26.3 Å². The van der Waals surface area contributed by atoms with Crippen LogP contribution < -0.4 is 0 Å². The van der Waals surface area contributed by atoms with Crippen LogP contribution in [0.1, 0.15) is 30.4 Å². The first-order valence-electron chi connectivity index (χ1n) is 7.06. The van der Waals surface area contributed by atoms with Gasteiger partial charge in [0.15, 0.2) is 0 Å². The number of benzene rings is 1. The number of hydrogen-bond donors (Lipinski definition) is 0. The van der Waals surface area contributed by atoms with Gasteiger partial charge in [-0.05, 0) is 19.4 Å². The lowest BCUT2D eigenvalue weighted by Crippen LogP contribution is -2.18. The lowest BCUT2D eigenvalue weighted by Gasteiger charge is -2.14. The fraction of sp³-hybridized carbons (Fsp3) is 0.471. The molecule has 1 rings (SSSR count). The predicted molar refractivity (Wildman–Crippen MR) is 86.3 cm³/mol. The molecule has 0 aromatic heterocycles. The third-order valence-corrected chi connectivity index (χ3v) is 3.71. The molecule has 0 N–H and O–H groups in total. The Labute approximate surface area is 123 Å². The molecular formula is C17H24O2Si. The van der Waals surface area contributed by atoms with Crippen LogP contribution in [0.15, 0.2) is 24.3 Å². The van der Waals surface area contributed by atoms with Gasteiger partial charge in [-0.25, -0.2) is 0 Å². The van der Waals surface area contributed by atoms with E-state index in [-0.39, 0.29) is 11.9 Å². The minimum Gasteiger partial charge on any atom is -0.465 e. The molecule has 1 atom stereocenters. The lowest BCUT2D eigenvalue weighted by atomic mass is 9.95. The highest BCUT2D eigenvalue weighted by atomic mass is 28.3. The van der Waals surface area contributed by atoms with E-state index < -0.39 is 8.07 Å². The van der Waals surface area contributed by atoms with Crippen LogP contribution in [0.5, 0.6) is 0 Å². The third kappa shape index (κ3) is 5.62. The Kier molecular flexibility index (Phi) is 6.03. The molecule has 0 fully saturated rings. The number of rotatable bonds is 4. The van der Waals surface area contributed by atoms with Crippen molar-refractivity contribution in [2.24, 2.45) is 0 Å². The average molecular weight is 288 g/mol. The molecule has 3 heteroatoms. The number of hydrogen-bond acceptors (Lipinski definition) is 2. The van der Waals surface area contributed by atoms with E-state index in [1.165, 1.54) is 0 Å². The van der Waals surface area contributed by atoms with Crippen LogP contribution in [-0.2, 0) is 9.53 Å². The number of esters is 1. The Hall–Kier alpha value is -1.53. The number of ether oxygens (including phenoxy) is 1. The van der Waals surface area contributed by atoms with Gasteiger partial charge in [-0.15, -0.1) is 11.5 Å². The zero-order valence-electron chi connectivity index (χ0n) is 13.1. The second-order valence-electron chi connectivity index (χ2n) is 5.97. The summed E-state index contributed by atoms with van der Waals surface area (Å²) >= 11 is 0. The van der Waals surface area contributed by atoms with Crippen LogP contribution in [0, 0.1) is 18.4 Å². The van der Waals surface area contributed by atoms with Gasteiger partial charge >= 0.3 is 5.97 Å². The third-order valence-electron chi connectivity index (χ3n) is 2.79. The molecule has 0 aliphatic heterocycles. The highest BCUT2D eigenvalue weighted by Crippen LogP contribution is 2.22. The molecule has 1 unspecified atom stereocenters. The second kappa shape index (κ2) is 7.30. The van der Waals surface area contributed by atoms with Crippen LogP contribution in [0.3, 0.4) is 0 Å². The Morgan fingerprint density at radius 3 is 2.60 bits per heavy atom. The maximum absolute atomic E-state index is 12.1. The summed E-state index contributed by atoms with van der Waals surface area (Å²) in [5, 5.41) is 0. The Morgan fingerprint density at radius 1 is 1.35 bits per heavy atom. The summed E-state index contributed by atoms with van der Waals surface area (Å²) in [4.78, 5) is 12.1. The van der Waals surface area contributed by atoms with Gasteiger partial charge in [-0.1, -0.05) is 49.5 Å². The van der Waals surface area contributed by atoms with Gasteiger partial charge < -0.3 is 4.74 Å². The summed E-state index contributed by atoms with van der Waals surface area (Å²) in [6.07, 6.45) is 0.534. The molecule has 0 heterocycles. The van der Waals surface area contributed by atoms with E-state index in [0.717, 1.165) is 11.1 Å². The molecule has 0 bridgehead atoms. The van der Waals surface area contributed by atoms with Gasteiger partial charge in [0.05, 0.1) is 12.5 Å². The van der Waals surface area contributed by atoms with Crippen LogP contribution in [0.25, 0.3) is 0 Å². The van der Waals surface area contributed by atoms with E-state index in [4.69, 9.17) is 4.74 Å². The zero-order chi connectivity index (χ0) is 15.2. The smallest absolute Gasteiger partial charge is 0.314 e. The Balaban J connectivity index is 2.96. The molecule has 1 aromatic carbocycles. The summed E-state index contributed by atoms with van der Waals surface area (Å²) in [7, 11) is -1.40. The highest BCUT2D eigenvalue weighted by Gasteiger charge is 2.21. The van der Waals surface area contributed by atoms with Crippen molar-refractivity contribution in [1.82, 2.24) is 0 Å². The van der Waals surface area contributed by atoms with E-state index in [9.17, 15) is 4.79 Å². The van der Waals surface area contributed by atoms with Gasteiger partial charge in [0.25, 0.3) is 0 Å². The van der Waals surface area contributed by atoms with Crippen LogP contribution in [-0.4, -0.2) is 20.7 Å². The SMILES string of the molecule is CCOC(=O)C(CC#C[Si](C)(C)C)c1cccc(C)c1. The fourth-order valence-electron chi connectivity index (χ4n) is 1.89. The molecule has 108 valence electrons. The maximum Gasteiger partial charge on any atom is 0.314 e. The van der Waals surface area contributed by atoms with E-state index in [1.807, 2.05) is 38.1 Å². The molecular weight excluding hydrogens is 264 g/mol. The number of carbonyl (C=O) groups excluding carboxylic acids is 1. The molecule has 0 saturated carbocycles. The minimum absolute atomic E-state index is 0.178. The lowest BCUT2D eigenvalue weighted by molar-refractivity contribution is -0.144. The van der Waals surface area contributed by atoms with Crippen molar-refractivity contribution in [3.8, 4) is 11.5 Å². The summed E-state index contributed by atoms with van der Waals surface area (Å²) in [5.41, 5.74) is 5.46. The first-order chi connectivity index (χ1) is 9.33. The van der Waals surface area contributed by atoms with Gasteiger partial charge in [-0.3, -0.25) is 4.79 Å². The summed E-state index contributed by atoms with van der Waals surface area (Å²) < 4.78 is 5.19. The van der Waals surface area contributed by atoms with Crippen LogP contribution in [0.4, 0.5) is 0 Å². The van der Waals surface area contributed by atoms with E-state index in [2.05, 4.69) is 31.1 Å². The van der Waals surface area contributed by atoms with Gasteiger partial charge in [0.1, 0.15) is 8.07 Å². The van der Waals surface area contributed by atoms with E-state index in [0.29, 0.717) is 13.0 Å². The largest absolute Gasteiger partial charge is 0.465 e. The number of carbonyl (C=O) groups is 1. The monoisotopic (exact) mass is 288 g/mol. The Bertz CT molecular complexity index is 518. The van der Waals surface area contributed by atoms with Crippen molar-refractivity contribution >= 4 is 14.0 Å². The van der Waals surface area contributed by atoms with E-state index >= 15 is 0 Å². The summed E-state index contributed by atoms with van der Waals surface area (Å²) in [6, 6.07) is 8.02. The summed E-state index contributed by atoms with van der Waals surface area (Å²) in [6.45, 7) is 10.9. The molecule has 0 amide bonds. The zero-order valence-corrected chi connectivity index (χ0v) is 14.1. The van der Waals surface area contributed by atoms with Gasteiger partial charge in [-0.2, -0.15) is 0 Å². The van der Waals surface area contributed by atoms with Crippen molar-refractivity contribution < 1.29 is 9.53 Å². The Morgan fingerprint density at radius 2 is 2.05 bits per heavy atom. The first kappa shape index (κ1) is 16.5. The average Bonchev–Trinajstić information content (AvgIpc) is 2.33. The standard InChI is InChI=1S/C17H24O2Si/c1-6-19-17(18)16(11-8-12-20(3,4)5)15-10-7-9-14(2)13-15/h7,9-10,13,16H,6,11H2,1-5H3. The molecule has 20 heavy (non-hydrogen) atoms. The molecule has 0 saturated heterocycles. The molecule has 0 aliphatic carbocycles. The second-order valence-corrected chi connectivity index (χ2v) is 10.7. The normalized spacial score (nSPS) is 12.2. The van der Waals surface area contributed by atoms with Crippen LogP contribution >= 0.6 is 0 Å². The number of aryl methyl sites for hydroxylation is 1. The molecule has 0 spiro atoms. The minimum atomic E-state index is -1.40. The molecule has 0 radical (unpaired) electrons. The first-order valence-corrected chi connectivity index (χ1v) is 10.6. The van der Waals surface area contributed by atoms with E-state index in [1.54, 1.807) is 0 Å². The fourth-order valence-corrected chi connectivity index (χ4v) is 2.52. The molecule has 0 aliphatic rings. The van der Waals surface area contributed by atoms with Gasteiger partial charge in [0, 0.05) is 6.42 Å². The van der Waals surface area contributed by atoms with Crippen molar-refractivity contribution in [2.45, 2.75) is 45.8 Å². The van der Waals surface area contributed by atoms with Crippen LogP contribution in [0.2, 0.25) is 19.6 Å². The van der Waals surface area contributed by atoms with Crippen molar-refractivity contribution in [3.05, 3.63) is 35.4 Å². The summed E-state index contributed by atoms with van der Waals surface area (Å²) in [5.74, 6) is 2.74. The quantitative estimate of drug-likeness (QED) is 0.477. The van der Waals surface area contributed by atoms with Crippen molar-refractivity contribution in [1.29, 1.82) is 0 Å². The highest BCUT2D eigenvalue weighted by molar-refractivity contribution is 6.83. The molecule has 1 aromatic rings. The maximum atomic E-state index is 12.1. The van der Waals surface area contributed by atoms with Crippen molar-refractivity contribution in [3.63, 3.8) is 0 Å². The molecule has 2 nitrogen and oxygen atoms in total.